The number of anilines is 2. The van der Waals surface area contributed by atoms with Gasteiger partial charge in [0.25, 0.3) is 5.91 Å². The quantitative estimate of drug-likeness (QED) is 0.732. The molecular weight excluding hydrogens is 336 g/mol. The smallest absolute Gasteiger partial charge is 0.272 e. The van der Waals surface area contributed by atoms with E-state index in [9.17, 15) is 4.79 Å². The molecule has 0 spiro atoms. The standard InChI is InChI=1S/C22H24N4O/c1-15-10-11-19(16(2)12-15)24-22-23-17(3)13-20(25-22)21(27)26(4)14-18-8-6-5-7-9-18/h5-13H,14H2,1-4H3,(H,23,24,25). The maximum atomic E-state index is 12.8. The van der Waals surface area contributed by atoms with Gasteiger partial charge in [-0.05, 0) is 44.0 Å². The van der Waals surface area contributed by atoms with Crippen LogP contribution >= 0.6 is 0 Å². The molecule has 1 N–H and O–H groups in total. The third-order valence-corrected chi connectivity index (χ3v) is 4.31. The second kappa shape index (κ2) is 7.99. The summed E-state index contributed by atoms with van der Waals surface area (Å²) in [6, 6.07) is 17.7. The van der Waals surface area contributed by atoms with Crippen LogP contribution < -0.4 is 5.32 Å². The van der Waals surface area contributed by atoms with Crippen molar-refractivity contribution in [2.75, 3.05) is 12.4 Å². The van der Waals surface area contributed by atoms with Crippen LogP contribution in [0.2, 0.25) is 0 Å². The van der Waals surface area contributed by atoms with Crippen molar-refractivity contribution in [3.8, 4) is 0 Å². The fourth-order valence-electron chi connectivity index (χ4n) is 2.93. The van der Waals surface area contributed by atoms with Gasteiger partial charge in [-0.2, -0.15) is 0 Å². The summed E-state index contributed by atoms with van der Waals surface area (Å²) in [5.41, 5.74) is 5.44. The van der Waals surface area contributed by atoms with Crippen molar-refractivity contribution in [1.29, 1.82) is 0 Å². The number of carbonyl (C=O) groups is 1. The Hall–Kier alpha value is -3.21. The predicted octanol–water partition coefficient (Wildman–Crippen LogP) is 4.42. The summed E-state index contributed by atoms with van der Waals surface area (Å²) in [7, 11) is 1.78. The molecule has 5 heteroatoms. The van der Waals surface area contributed by atoms with E-state index in [1.807, 2.05) is 56.3 Å². The number of nitrogens with one attached hydrogen (secondary N) is 1. The maximum absolute atomic E-state index is 12.8. The topological polar surface area (TPSA) is 58.1 Å². The first-order valence-corrected chi connectivity index (χ1v) is 8.92. The Labute approximate surface area is 160 Å². The number of aryl methyl sites for hydroxylation is 3. The largest absolute Gasteiger partial charge is 0.336 e. The second-order valence-corrected chi connectivity index (χ2v) is 6.81. The molecule has 0 atom stereocenters. The third kappa shape index (κ3) is 4.70. The SMILES string of the molecule is Cc1ccc(Nc2nc(C)cc(C(=O)N(C)Cc3ccccc3)n2)c(C)c1. The molecule has 0 unspecified atom stereocenters. The van der Waals surface area contributed by atoms with Gasteiger partial charge in [-0.1, -0.05) is 48.0 Å². The van der Waals surface area contributed by atoms with Crippen molar-refractivity contribution in [3.63, 3.8) is 0 Å². The number of hydrogen-bond donors (Lipinski definition) is 1. The zero-order valence-corrected chi connectivity index (χ0v) is 16.2. The number of amides is 1. The first-order chi connectivity index (χ1) is 12.9. The molecule has 0 aliphatic rings. The van der Waals surface area contributed by atoms with E-state index in [1.165, 1.54) is 5.56 Å². The summed E-state index contributed by atoms with van der Waals surface area (Å²) >= 11 is 0. The fraction of sp³-hybridized carbons (Fsp3) is 0.227. The summed E-state index contributed by atoms with van der Waals surface area (Å²) in [5.74, 6) is 0.298. The van der Waals surface area contributed by atoms with Gasteiger partial charge in [0.05, 0.1) is 0 Å². The normalized spacial score (nSPS) is 10.5. The van der Waals surface area contributed by atoms with E-state index in [0.29, 0.717) is 18.2 Å². The zero-order valence-electron chi connectivity index (χ0n) is 16.2. The minimum absolute atomic E-state index is 0.131. The number of nitrogens with zero attached hydrogens (tertiary/aromatic N) is 3. The molecule has 0 radical (unpaired) electrons. The summed E-state index contributed by atoms with van der Waals surface area (Å²) in [5, 5.41) is 3.23. The molecule has 1 heterocycles. The van der Waals surface area contributed by atoms with Gasteiger partial charge in [-0.15, -0.1) is 0 Å². The molecule has 3 rings (SSSR count). The molecule has 27 heavy (non-hydrogen) atoms. The van der Waals surface area contributed by atoms with Crippen molar-refractivity contribution >= 4 is 17.5 Å². The molecule has 3 aromatic rings. The molecule has 2 aromatic carbocycles. The predicted molar refractivity (Wildman–Crippen MR) is 108 cm³/mol. The molecule has 1 amide bonds. The van der Waals surface area contributed by atoms with Crippen LogP contribution in [-0.4, -0.2) is 27.8 Å². The van der Waals surface area contributed by atoms with Crippen molar-refractivity contribution in [1.82, 2.24) is 14.9 Å². The highest BCUT2D eigenvalue weighted by atomic mass is 16.2. The number of carbonyl (C=O) groups excluding carboxylic acids is 1. The molecular formula is C22H24N4O. The molecule has 0 saturated carbocycles. The molecule has 0 aliphatic carbocycles. The van der Waals surface area contributed by atoms with Gasteiger partial charge in [0.2, 0.25) is 5.95 Å². The summed E-state index contributed by atoms with van der Waals surface area (Å²) < 4.78 is 0. The Bertz CT molecular complexity index is 954. The minimum Gasteiger partial charge on any atom is -0.336 e. The summed E-state index contributed by atoms with van der Waals surface area (Å²) in [6.07, 6.45) is 0. The van der Waals surface area contributed by atoms with Crippen molar-refractivity contribution in [3.05, 3.63) is 82.7 Å². The van der Waals surface area contributed by atoms with E-state index in [0.717, 1.165) is 22.5 Å². The van der Waals surface area contributed by atoms with E-state index in [1.54, 1.807) is 18.0 Å². The Morgan fingerprint density at radius 1 is 1.00 bits per heavy atom. The van der Waals surface area contributed by atoms with Gasteiger partial charge >= 0.3 is 0 Å². The van der Waals surface area contributed by atoms with Crippen molar-refractivity contribution in [2.24, 2.45) is 0 Å². The lowest BCUT2D eigenvalue weighted by atomic mass is 10.1. The first-order valence-electron chi connectivity index (χ1n) is 8.92. The monoisotopic (exact) mass is 360 g/mol. The van der Waals surface area contributed by atoms with Crippen LogP contribution in [0.25, 0.3) is 0 Å². The lowest BCUT2D eigenvalue weighted by Crippen LogP contribution is -2.27. The third-order valence-electron chi connectivity index (χ3n) is 4.31. The van der Waals surface area contributed by atoms with Gasteiger partial charge < -0.3 is 10.2 Å². The van der Waals surface area contributed by atoms with Crippen molar-refractivity contribution in [2.45, 2.75) is 27.3 Å². The van der Waals surface area contributed by atoms with E-state index < -0.39 is 0 Å². The van der Waals surface area contributed by atoms with Crippen LogP contribution in [0, 0.1) is 20.8 Å². The van der Waals surface area contributed by atoms with Crippen molar-refractivity contribution < 1.29 is 4.79 Å². The van der Waals surface area contributed by atoms with E-state index in [4.69, 9.17) is 0 Å². The lowest BCUT2D eigenvalue weighted by Gasteiger charge is -2.17. The Morgan fingerprint density at radius 3 is 2.44 bits per heavy atom. The highest BCUT2D eigenvalue weighted by Gasteiger charge is 2.16. The van der Waals surface area contributed by atoms with E-state index in [-0.39, 0.29) is 5.91 Å². The van der Waals surface area contributed by atoms with Crippen LogP contribution in [0.5, 0.6) is 0 Å². The Kier molecular flexibility index (Phi) is 5.50. The van der Waals surface area contributed by atoms with E-state index >= 15 is 0 Å². The first kappa shape index (κ1) is 18.6. The van der Waals surface area contributed by atoms with Gasteiger partial charge in [0.1, 0.15) is 5.69 Å². The summed E-state index contributed by atoms with van der Waals surface area (Å²) in [4.78, 5) is 23.4. The minimum atomic E-state index is -0.131. The average Bonchev–Trinajstić information content (AvgIpc) is 2.64. The maximum Gasteiger partial charge on any atom is 0.272 e. The van der Waals surface area contributed by atoms with Crippen LogP contribution in [0.4, 0.5) is 11.6 Å². The van der Waals surface area contributed by atoms with Crippen LogP contribution in [-0.2, 0) is 6.54 Å². The number of hydrogen-bond acceptors (Lipinski definition) is 4. The Morgan fingerprint density at radius 2 is 1.74 bits per heavy atom. The van der Waals surface area contributed by atoms with Crippen LogP contribution in [0.3, 0.4) is 0 Å². The molecule has 0 saturated heterocycles. The molecule has 5 nitrogen and oxygen atoms in total. The highest BCUT2D eigenvalue weighted by molar-refractivity contribution is 5.92. The molecule has 0 bridgehead atoms. The average molecular weight is 360 g/mol. The molecule has 0 aliphatic heterocycles. The number of aromatic nitrogens is 2. The fourth-order valence-corrected chi connectivity index (χ4v) is 2.93. The van der Waals surface area contributed by atoms with Gasteiger partial charge in [0.15, 0.2) is 0 Å². The Balaban J connectivity index is 1.80. The number of rotatable bonds is 5. The second-order valence-electron chi connectivity index (χ2n) is 6.81. The molecule has 0 fully saturated rings. The van der Waals surface area contributed by atoms with Gasteiger partial charge in [0, 0.05) is 25.0 Å². The zero-order chi connectivity index (χ0) is 19.4. The lowest BCUT2D eigenvalue weighted by molar-refractivity contribution is 0.0779. The van der Waals surface area contributed by atoms with Crippen LogP contribution in [0.15, 0.2) is 54.6 Å². The number of benzene rings is 2. The molecule has 138 valence electrons. The molecule has 1 aromatic heterocycles. The van der Waals surface area contributed by atoms with Gasteiger partial charge in [-0.25, -0.2) is 9.97 Å². The summed E-state index contributed by atoms with van der Waals surface area (Å²) in [6.45, 7) is 6.48. The van der Waals surface area contributed by atoms with Crippen LogP contribution in [0.1, 0.15) is 32.9 Å². The highest BCUT2D eigenvalue weighted by Crippen LogP contribution is 2.20. The van der Waals surface area contributed by atoms with Gasteiger partial charge in [-0.3, -0.25) is 4.79 Å². The van der Waals surface area contributed by atoms with E-state index in [2.05, 4.69) is 28.3 Å².